The van der Waals surface area contributed by atoms with Crippen molar-refractivity contribution in [1.29, 1.82) is 0 Å². The van der Waals surface area contributed by atoms with E-state index in [-0.39, 0.29) is 24.7 Å². The lowest BCUT2D eigenvalue weighted by Gasteiger charge is -2.37. The molecular weight excluding hydrogens is 446 g/mol. The molecule has 33 heavy (non-hydrogen) atoms. The van der Waals surface area contributed by atoms with Crippen molar-refractivity contribution in [3.63, 3.8) is 0 Å². The van der Waals surface area contributed by atoms with Crippen LogP contribution < -0.4 is 4.74 Å². The normalized spacial score (nSPS) is 30.8. The fourth-order valence-corrected chi connectivity index (χ4v) is 5.85. The number of hydrogen-bond acceptors (Lipinski definition) is 2. The number of aryl methyl sites for hydroxylation is 1. The van der Waals surface area contributed by atoms with E-state index >= 15 is 0 Å². The number of rotatable bonds is 5. The molecule has 0 bridgehead atoms. The first kappa shape index (κ1) is 24.7. The summed E-state index contributed by atoms with van der Waals surface area (Å²) < 4.78 is 93.5. The van der Waals surface area contributed by atoms with Gasteiger partial charge in [0.1, 0.15) is 17.4 Å². The van der Waals surface area contributed by atoms with Gasteiger partial charge in [0.25, 0.3) is 0 Å². The van der Waals surface area contributed by atoms with E-state index in [4.69, 9.17) is 9.47 Å². The molecule has 186 valence electrons. The number of benzene rings is 1. The predicted octanol–water partition coefficient (Wildman–Crippen LogP) is 8.12. The van der Waals surface area contributed by atoms with Crippen LogP contribution in [0.4, 0.5) is 26.3 Å². The summed E-state index contributed by atoms with van der Waals surface area (Å²) in [6.07, 6.45) is -2.56. The maximum Gasteiger partial charge on any atom is 0.420 e. The van der Waals surface area contributed by atoms with Crippen LogP contribution in [0, 0.1) is 30.6 Å². The van der Waals surface area contributed by atoms with E-state index in [1.807, 2.05) is 0 Å². The van der Waals surface area contributed by atoms with Crippen LogP contribution in [0.2, 0.25) is 0 Å². The quantitative estimate of drug-likeness (QED) is 0.315. The summed E-state index contributed by atoms with van der Waals surface area (Å²) in [6.45, 7) is 3.66. The molecule has 0 spiro atoms. The van der Waals surface area contributed by atoms with Gasteiger partial charge >= 0.3 is 12.4 Å². The number of alkyl halides is 6. The zero-order valence-corrected chi connectivity index (χ0v) is 19.1. The molecule has 1 atom stereocenters. The van der Waals surface area contributed by atoms with Crippen molar-refractivity contribution < 1.29 is 35.8 Å². The molecule has 4 rings (SSSR count). The monoisotopic (exact) mass is 478 g/mol. The third-order valence-corrected chi connectivity index (χ3v) is 7.83. The second kappa shape index (κ2) is 9.31. The molecule has 3 fully saturated rings. The van der Waals surface area contributed by atoms with Crippen LogP contribution in [0.1, 0.15) is 86.6 Å². The molecule has 0 N–H and O–H groups in total. The van der Waals surface area contributed by atoms with Crippen molar-refractivity contribution in [3.05, 3.63) is 28.3 Å². The molecule has 3 aliphatic rings. The summed E-state index contributed by atoms with van der Waals surface area (Å²) in [5.74, 6) is 1.54. The molecule has 1 aromatic rings. The third-order valence-electron chi connectivity index (χ3n) is 7.83. The molecule has 1 aromatic carbocycles. The van der Waals surface area contributed by atoms with E-state index in [0.29, 0.717) is 5.92 Å². The Morgan fingerprint density at radius 3 is 1.85 bits per heavy atom. The van der Waals surface area contributed by atoms with Crippen LogP contribution in [0.5, 0.6) is 5.75 Å². The smallest absolute Gasteiger partial charge is 0.420 e. The van der Waals surface area contributed by atoms with Crippen LogP contribution in [-0.4, -0.2) is 13.2 Å². The summed E-state index contributed by atoms with van der Waals surface area (Å²) in [5, 5.41) is 0. The standard InChI is InChI=1S/C25H32F6O2/c1-14-3-7-17(8-4-14)18-9-5-16(6-10-18)12-33-23-15(2)11-19(20-13-32-20)21(24(26,27)28)22(23)25(29,30)31/h11,14,16-18,20H,3-10,12-13H2,1-2H3. The molecular formula is C25H32F6O2. The predicted molar refractivity (Wildman–Crippen MR) is 112 cm³/mol. The lowest BCUT2D eigenvalue weighted by molar-refractivity contribution is -0.163. The molecule has 0 amide bonds. The van der Waals surface area contributed by atoms with Gasteiger partial charge in [-0.2, -0.15) is 26.3 Å². The zero-order chi connectivity index (χ0) is 24.0. The molecule has 2 saturated carbocycles. The van der Waals surface area contributed by atoms with Crippen LogP contribution in [0.15, 0.2) is 6.07 Å². The van der Waals surface area contributed by atoms with Gasteiger partial charge in [-0.05, 0) is 86.3 Å². The summed E-state index contributed by atoms with van der Waals surface area (Å²) in [7, 11) is 0. The van der Waals surface area contributed by atoms with Crippen LogP contribution in [0.25, 0.3) is 0 Å². The Morgan fingerprint density at radius 1 is 0.848 bits per heavy atom. The average Bonchev–Trinajstić information content (AvgIpc) is 3.57. The van der Waals surface area contributed by atoms with Crippen LogP contribution in [0.3, 0.4) is 0 Å². The van der Waals surface area contributed by atoms with Gasteiger partial charge in [-0.3, -0.25) is 0 Å². The minimum absolute atomic E-state index is 0.00884. The molecule has 1 aliphatic heterocycles. The van der Waals surface area contributed by atoms with Crippen LogP contribution >= 0.6 is 0 Å². The van der Waals surface area contributed by atoms with Gasteiger partial charge in [-0.1, -0.05) is 19.8 Å². The van der Waals surface area contributed by atoms with Crippen molar-refractivity contribution >= 4 is 0 Å². The molecule has 0 aromatic heterocycles. The van der Waals surface area contributed by atoms with E-state index in [2.05, 4.69) is 6.92 Å². The van der Waals surface area contributed by atoms with Crippen molar-refractivity contribution in [2.75, 3.05) is 13.2 Å². The highest BCUT2D eigenvalue weighted by Gasteiger charge is 2.50. The Bertz CT molecular complexity index is 827. The largest absolute Gasteiger partial charge is 0.492 e. The molecule has 1 unspecified atom stereocenters. The van der Waals surface area contributed by atoms with E-state index in [9.17, 15) is 26.3 Å². The van der Waals surface area contributed by atoms with E-state index in [1.165, 1.54) is 32.6 Å². The van der Waals surface area contributed by atoms with E-state index in [0.717, 1.165) is 43.6 Å². The maximum absolute atomic E-state index is 13.9. The Labute approximate surface area is 191 Å². The summed E-state index contributed by atoms with van der Waals surface area (Å²) in [6, 6.07) is 1.14. The first-order valence-electron chi connectivity index (χ1n) is 12.0. The fraction of sp³-hybridized carbons (Fsp3) is 0.760. The number of epoxide rings is 1. The number of ether oxygens (including phenoxy) is 2. The molecule has 1 heterocycles. The molecule has 2 aliphatic carbocycles. The summed E-state index contributed by atoms with van der Waals surface area (Å²) in [4.78, 5) is 0. The second-order valence-corrected chi connectivity index (χ2v) is 10.3. The molecule has 8 heteroatoms. The Kier molecular flexibility index (Phi) is 6.96. The molecule has 2 nitrogen and oxygen atoms in total. The van der Waals surface area contributed by atoms with Gasteiger partial charge in [0.05, 0.1) is 18.8 Å². The molecule has 1 saturated heterocycles. The summed E-state index contributed by atoms with van der Waals surface area (Å²) >= 11 is 0. The minimum Gasteiger partial charge on any atom is -0.492 e. The van der Waals surface area contributed by atoms with Gasteiger partial charge in [0.15, 0.2) is 0 Å². The van der Waals surface area contributed by atoms with Crippen molar-refractivity contribution in [2.24, 2.45) is 23.7 Å². The highest BCUT2D eigenvalue weighted by molar-refractivity contribution is 5.54. The van der Waals surface area contributed by atoms with Crippen molar-refractivity contribution in [1.82, 2.24) is 0 Å². The van der Waals surface area contributed by atoms with Gasteiger partial charge in [-0.25, -0.2) is 0 Å². The third kappa shape index (κ3) is 5.63. The van der Waals surface area contributed by atoms with Gasteiger partial charge in [-0.15, -0.1) is 0 Å². The van der Waals surface area contributed by atoms with Crippen LogP contribution in [-0.2, 0) is 17.1 Å². The lowest BCUT2D eigenvalue weighted by Crippen LogP contribution is -2.28. The SMILES string of the molecule is Cc1cc(C2CO2)c(C(F)(F)F)c(C(F)(F)F)c1OCC1CCC(C2CCC(C)CC2)CC1. The Balaban J connectivity index is 1.48. The maximum atomic E-state index is 13.9. The van der Waals surface area contributed by atoms with Crippen molar-refractivity contribution in [3.8, 4) is 5.75 Å². The van der Waals surface area contributed by atoms with Gasteiger partial charge in [0, 0.05) is 0 Å². The Hall–Kier alpha value is -1.44. The van der Waals surface area contributed by atoms with Gasteiger partial charge in [0.2, 0.25) is 0 Å². The van der Waals surface area contributed by atoms with Gasteiger partial charge < -0.3 is 9.47 Å². The Morgan fingerprint density at radius 2 is 1.36 bits per heavy atom. The lowest BCUT2D eigenvalue weighted by atomic mass is 9.69. The topological polar surface area (TPSA) is 21.8 Å². The average molecular weight is 479 g/mol. The highest BCUT2D eigenvalue weighted by Crippen LogP contribution is 2.51. The zero-order valence-electron chi connectivity index (χ0n) is 19.1. The minimum atomic E-state index is -5.19. The van der Waals surface area contributed by atoms with Crippen molar-refractivity contribution in [2.45, 2.75) is 83.7 Å². The number of halogens is 6. The van der Waals surface area contributed by atoms with E-state index in [1.54, 1.807) is 0 Å². The summed E-state index contributed by atoms with van der Waals surface area (Å²) in [5.41, 5.74) is -3.79. The first-order valence-corrected chi connectivity index (χ1v) is 12.0. The highest BCUT2D eigenvalue weighted by atomic mass is 19.4. The second-order valence-electron chi connectivity index (χ2n) is 10.3. The number of hydrogen-bond donors (Lipinski definition) is 0. The van der Waals surface area contributed by atoms with E-state index < -0.39 is 40.9 Å². The molecule has 0 radical (unpaired) electrons. The first-order chi connectivity index (χ1) is 15.4. The fourth-order valence-electron chi connectivity index (χ4n) is 5.85.